The summed E-state index contributed by atoms with van der Waals surface area (Å²) < 4.78 is 0. The number of thiophene rings is 1. The van der Waals surface area contributed by atoms with E-state index in [2.05, 4.69) is 0 Å². The molecule has 0 unspecified atom stereocenters. The van der Waals surface area contributed by atoms with Gasteiger partial charge < -0.3 is 5.11 Å². The topological polar surface area (TPSA) is 37.3 Å². The van der Waals surface area contributed by atoms with Gasteiger partial charge in [0, 0.05) is 4.88 Å². The number of aliphatic carboxylic acids is 1. The molecule has 1 heterocycles. The lowest BCUT2D eigenvalue weighted by Crippen LogP contribution is -1.96. The molecular formula is C8H8O2S. The molecule has 1 aromatic rings. The van der Waals surface area contributed by atoms with Crippen LogP contribution in [0.25, 0.3) is 5.57 Å². The van der Waals surface area contributed by atoms with Crippen LogP contribution in [0, 0.1) is 0 Å². The van der Waals surface area contributed by atoms with Crippen LogP contribution in [0.4, 0.5) is 0 Å². The third-order valence-corrected chi connectivity index (χ3v) is 2.21. The van der Waals surface area contributed by atoms with Crippen LogP contribution in [0.5, 0.6) is 0 Å². The Hall–Kier alpha value is -1.09. The van der Waals surface area contributed by atoms with Crippen molar-refractivity contribution in [3.05, 3.63) is 28.5 Å². The molecule has 0 aromatic carbocycles. The Morgan fingerprint density at radius 2 is 2.45 bits per heavy atom. The molecule has 0 saturated heterocycles. The Balaban J connectivity index is 2.99. The molecule has 58 valence electrons. The monoisotopic (exact) mass is 168 g/mol. The Kier molecular flexibility index (Phi) is 2.44. The smallest absolute Gasteiger partial charge is 0.336 e. The highest BCUT2D eigenvalue weighted by molar-refractivity contribution is 7.11. The molecule has 0 aliphatic rings. The molecule has 0 amide bonds. The fourth-order valence-corrected chi connectivity index (χ4v) is 1.60. The summed E-state index contributed by atoms with van der Waals surface area (Å²) in [4.78, 5) is 11.4. The maximum atomic E-state index is 10.6. The fourth-order valence-electron chi connectivity index (χ4n) is 0.803. The maximum absolute atomic E-state index is 10.6. The molecule has 0 aliphatic carbocycles. The first-order valence-electron chi connectivity index (χ1n) is 3.19. The van der Waals surface area contributed by atoms with Gasteiger partial charge >= 0.3 is 5.97 Å². The summed E-state index contributed by atoms with van der Waals surface area (Å²) in [5, 5.41) is 10.5. The Morgan fingerprint density at radius 3 is 2.82 bits per heavy atom. The van der Waals surface area contributed by atoms with Crippen molar-refractivity contribution in [3.8, 4) is 0 Å². The number of hydrogen-bond donors (Lipinski definition) is 1. The van der Waals surface area contributed by atoms with E-state index < -0.39 is 5.97 Å². The van der Waals surface area contributed by atoms with Gasteiger partial charge in [-0.15, -0.1) is 11.3 Å². The van der Waals surface area contributed by atoms with Gasteiger partial charge in [-0.1, -0.05) is 12.1 Å². The van der Waals surface area contributed by atoms with E-state index in [-0.39, 0.29) is 0 Å². The lowest BCUT2D eigenvalue weighted by Gasteiger charge is -1.94. The maximum Gasteiger partial charge on any atom is 0.336 e. The van der Waals surface area contributed by atoms with Gasteiger partial charge in [-0.25, -0.2) is 4.79 Å². The molecule has 1 aromatic heterocycles. The quantitative estimate of drug-likeness (QED) is 0.687. The highest BCUT2D eigenvalue weighted by Crippen LogP contribution is 2.19. The van der Waals surface area contributed by atoms with E-state index in [0.717, 1.165) is 4.88 Å². The summed E-state index contributed by atoms with van der Waals surface area (Å²) in [6, 6.07) is 3.64. The largest absolute Gasteiger partial charge is 0.478 e. The number of carboxylic acids is 1. The number of hydrogen-bond acceptors (Lipinski definition) is 2. The van der Waals surface area contributed by atoms with Crippen LogP contribution in [0.3, 0.4) is 0 Å². The number of carboxylic acid groups (broad SMARTS) is 1. The Bertz CT molecular complexity index is 272. The van der Waals surface area contributed by atoms with Crippen molar-refractivity contribution in [1.29, 1.82) is 0 Å². The Morgan fingerprint density at radius 1 is 1.73 bits per heavy atom. The summed E-state index contributed by atoms with van der Waals surface area (Å²) in [7, 11) is 0. The normalized spacial score (nSPS) is 11.5. The average Bonchev–Trinajstić information content (AvgIpc) is 2.40. The van der Waals surface area contributed by atoms with Gasteiger partial charge in [0.25, 0.3) is 0 Å². The van der Waals surface area contributed by atoms with Crippen LogP contribution in [0.15, 0.2) is 23.6 Å². The zero-order chi connectivity index (χ0) is 8.27. The second-order valence-corrected chi connectivity index (χ2v) is 2.93. The van der Waals surface area contributed by atoms with Crippen molar-refractivity contribution in [2.24, 2.45) is 0 Å². The molecule has 0 atom stereocenters. The highest BCUT2D eigenvalue weighted by Gasteiger charge is 2.08. The second kappa shape index (κ2) is 3.34. The van der Waals surface area contributed by atoms with Crippen LogP contribution in [-0.2, 0) is 4.79 Å². The zero-order valence-electron chi connectivity index (χ0n) is 6.07. The van der Waals surface area contributed by atoms with E-state index in [1.807, 2.05) is 11.4 Å². The van der Waals surface area contributed by atoms with Gasteiger partial charge in [-0.05, 0) is 18.4 Å². The zero-order valence-corrected chi connectivity index (χ0v) is 6.89. The van der Waals surface area contributed by atoms with Crippen LogP contribution in [-0.4, -0.2) is 11.1 Å². The summed E-state index contributed by atoms with van der Waals surface area (Å²) in [6.07, 6.45) is 1.61. The van der Waals surface area contributed by atoms with Gasteiger partial charge in [0.05, 0.1) is 5.57 Å². The van der Waals surface area contributed by atoms with E-state index in [9.17, 15) is 4.79 Å². The summed E-state index contributed by atoms with van der Waals surface area (Å²) >= 11 is 1.43. The summed E-state index contributed by atoms with van der Waals surface area (Å²) in [6.45, 7) is 1.73. The fraction of sp³-hybridized carbons (Fsp3) is 0.125. The van der Waals surface area contributed by atoms with Crippen molar-refractivity contribution in [2.45, 2.75) is 6.92 Å². The predicted molar refractivity (Wildman–Crippen MR) is 45.6 cm³/mol. The minimum atomic E-state index is -0.866. The van der Waals surface area contributed by atoms with Crippen LogP contribution in [0.2, 0.25) is 0 Å². The second-order valence-electron chi connectivity index (χ2n) is 1.98. The van der Waals surface area contributed by atoms with Crippen molar-refractivity contribution in [3.63, 3.8) is 0 Å². The average molecular weight is 168 g/mol. The third kappa shape index (κ3) is 1.68. The lowest BCUT2D eigenvalue weighted by atomic mass is 10.2. The van der Waals surface area contributed by atoms with Gasteiger partial charge in [0.1, 0.15) is 0 Å². The molecule has 0 aliphatic heterocycles. The van der Waals surface area contributed by atoms with Crippen molar-refractivity contribution >= 4 is 22.9 Å². The van der Waals surface area contributed by atoms with E-state index >= 15 is 0 Å². The minimum absolute atomic E-state index is 0.375. The van der Waals surface area contributed by atoms with E-state index in [0.29, 0.717) is 5.57 Å². The number of carbonyl (C=O) groups is 1. The molecule has 0 bridgehead atoms. The molecule has 0 radical (unpaired) electrons. The molecular weight excluding hydrogens is 160 g/mol. The molecule has 1 N–H and O–H groups in total. The molecule has 3 heteroatoms. The summed E-state index contributed by atoms with van der Waals surface area (Å²) in [5.74, 6) is -0.866. The van der Waals surface area contributed by atoms with Gasteiger partial charge in [0.15, 0.2) is 0 Å². The van der Waals surface area contributed by atoms with Crippen LogP contribution >= 0.6 is 11.3 Å². The van der Waals surface area contributed by atoms with Gasteiger partial charge in [-0.2, -0.15) is 0 Å². The van der Waals surface area contributed by atoms with Crippen LogP contribution in [0.1, 0.15) is 11.8 Å². The first-order valence-corrected chi connectivity index (χ1v) is 4.07. The molecule has 0 fully saturated rings. The van der Waals surface area contributed by atoms with Crippen molar-refractivity contribution in [2.75, 3.05) is 0 Å². The molecule has 2 nitrogen and oxygen atoms in total. The summed E-state index contributed by atoms with van der Waals surface area (Å²) in [5.41, 5.74) is 0.375. The standard InChI is InChI=1S/C8H8O2S/c1-2-6(8(9)10)7-4-3-5-11-7/h2-5H,1H3,(H,9,10). The molecule has 11 heavy (non-hydrogen) atoms. The van der Waals surface area contributed by atoms with Gasteiger partial charge in [0.2, 0.25) is 0 Å². The highest BCUT2D eigenvalue weighted by atomic mass is 32.1. The first-order chi connectivity index (χ1) is 5.25. The van der Waals surface area contributed by atoms with Gasteiger partial charge in [-0.3, -0.25) is 0 Å². The molecule has 0 saturated carbocycles. The van der Waals surface area contributed by atoms with Crippen molar-refractivity contribution in [1.82, 2.24) is 0 Å². The number of rotatable bonds is 2. The SMILES string of the molecule is CC=C(C(=O)O)c1cccs1. The Labute approximate surface area is 68.8 Å². The van der Waals surface area contributed by atoms with E-state index in [1.165, 1.54) is 11.3 Å². The van der Waals surface area contributed by atoms with Crippen LogP contribution < -0.4 is 0 Å². The van der Waals surface area contributed by atoms with E-state index in [4.69, 9.17) is 5.11 Å². The number of allylic oxidation sites excluding steroid dienone is 1. The third-order valence-electron chi connectivity index (χ3n) is 1.31. The first kappa shape index (κ1) is 8.01. The lowest BCUT2D eigenvalue weighted by molar-refractivity contribution is -0.130. The predicted octanol–water partition coefficient (Wildman–Crippen LogP) is 2.24. The molecule has 1 rings (SSSR count). The minimum Gasteiger partial charge on any atom is -0.478 e. The molecule has 0 spiro atoms. The van der Waals surface area contributed by atoms with E-state index in [1.54, 1.807) is 19.1 Å². The van der Waals surface area contributed by atoms with Crippen molar-refractivity contribution < 1.29 is 9.90 Å².